The maximum atomic E-state index is 5.81. The first-order chi connectivity index (χ1) is 4.61. The van der Waals surface area contributed by atoms with Gasteiger partial charge in [0.25, 0.3) is 0 Å². The number of hydrogen-bond donors (Lipinski definition) is 1. The minimum absolute atomic E-state index is 0.690. The van der Waals surface area contributed by atoms with Gasteiger partial charge < -0.3 is 0 Å². The van der Waals surface area contributed by atoms with Gasteiger partial charge in [-0.25, -0.2) is 0 Å². The smallest absolute Gasteiger partial charge is 0.0553 e. The van der Waals surface area contributed by atoms with E-state index in [0.29, 0.717) is 5.02 Å². The lowest BCUT2D eigenvalue weighted by Crippen LogP contribution is -1.77. The normalized spacial score (nSPS) is 10.0. The maximum Gasteiger partial charge on any atom is 0.0553 e. The first-order valence-corrected chi connectivity index (χ1v) is 4.37. The Labute approximate surface area is 79.1 Å². The molecule has 0 saturated carbocycles. The quantitative estimate of drug-likeness (QED) is 0.654. The average Bonchev–Trinajstić information content (AvgIpc) is 1.82. The van der Waals surface area contributed by atoms with Gasteiger partial charge in [0, 0.05) is 9.37 Å². The second-order valence-electron chi connectivity index (χ2n) is 2.05. The topological polar surface area (TPSA) is 0 Å². The molecule has 0 unspecified atom stereocenters. The van der Waals surface area contributed by atoms with E-state index >= 15 is 0 Å². The van der Waals surface area contributed by atoms with Gasteiger partial charge in [-0.05, 0) is 24.6 Å². The fraction of sp³-hybridized carbons (Fsp3) is 0.143. The Morgan fingerprint density at radius 1 is 1.50 bits per heavy atom. The predicted molar refractivity (Wildman–Crippen MR) is 51.1 cm³/mol. The molecule has 0 N–H and O–H groups in total. The summed E-state index contributed by atoms with van der Waals surface area (Å²) in [6.45, 7) is 1.97. The first kappa shape index (κ1) is 8.44. The second kappa shape index (κ2) is 3.16. The van der Waals surface area contributed by atoms with Gasteiger partial charge in [0.1, 0.15) is 0 Å². The molecule has 1 aromatic carbocycles. The fourth-order valence-corrected chi connectivity index (χ4v) is 1.79. The number of thiol groups is 1. The highest BCUT2D eigenvalue weighted by Crippen LogP contribution is 2.27. The van der Waals surface area contributed by atoms with Crippen LogP contribution in [0.15, 0.2) is 21.5 Å². The molecular weight excluding hydrogens is 232 g/mol. The second-order valence-corrected chi connectivity index (χ2v) is 3.82. The van der Waals surface area contributed by atoms with Gasteiger partial charge in [-0.1, -0.05) is 27.5 Å². The summed E-state index contributed by atoms with van der Waals surface area (Å²) in [4.78, 5) is 0.852. The molecular formula is C7H6BrClS. The molecule has 0 bridgehead atoms. The van der Waals surface area contributed by atoms with E-state index in [9.17, 15) is 0 Å². The summed E-state index contributed by atoms with van der Waals surface area (Å²) >= 11 is 13.3. The van der Waals surface area contributed by atoms with Crippen molar-refractivity contribution in [2.45, 2.75) is 11.8 Å². The van der Waals surface area contributed by atoms with Crippen molar-refractivity contribution in [3.05, 3.63) is 27.2 Å². The lowest BCUT2D eigenvalue weighted by Gasteiger charge is -2.01. The molecule has 3 heteroatoms. The Kier molecular flexibility index (Phi) is 2.67. The zero-order valence-electron chi connectivity index (χ0n) is 5.36. The zero-order valence-corrected chi connectivity index (χ0v) is 8.59. The van der Waals surface area contributed by atoms with Crippen LogP contribution in [0.3, 0.4) is 0 Å². The molecule has 0 aliphatic carbocycles. The van der Waals surface area contributed by atoms with Crippen molar-refractivity contribution in [1.29, 1.82) is 0 Å². The molecule has 1 aromatic rings. The van der Waals surface area contributed by atoms with E-state index < -0.39 is 0 Å². The summed E-state index contributed by atoms with van der Waals surface area (Å²) in [6.07, 6.45) is 0. The fourth-order valence-electron chi connectivity index (χ4n) is 0.695. The third-order valence-corrected chi connectivity index (χ3v) is 2.70. The third kappa shape index (κ3) is 1.68. The van der Waals surface area contributed by atoms with Crippen molar-refractivity contribution >= 4 is 40.2 Å². The SMILES string of the molecule is Cc1cc(Br)cc(Cl)c1S. The van der Waals surface area contributed by atoms with Crippen LogP contribution in [0.5, 0.6) is 0 Å². The first-order valence-electron chi connectivity index (χ1n) is 2.76. The molecule has 0 aliphatic heterocycles. The summed E-state index contributed by atoms with van der Waals surface area (Å²) in [5.74, 6) is 0. The van der Waals surface area contributed by atoms with Crippen molar-refractivity contribution in [2.24, 2.45) is 0 Å². The molecule has 0 nitrogen and oxygen atoms in total. The molecule has 1 rings (SSSR count). The molecule has 0 aromatic heterocycles. The number of halogens is 2. The summed E-state index contributed by atoms with van der Waals surface area (Å²) in [6, 6.07) is 3.81. The van der Waals surface area contributed by atoms with Crippen molar-refractivity contribution in [3.8, 4) is 0 Å². The van der Waals surface area contributed by atoms with Gasteiger partial charge in [0.05, 0.1) is 5.02 Å². The minimum Gasteiger partial charge on any atom is -0.142 e. The van der Waals surface area contributed by atoms with Gasteiger partial charge in [0.15, 0.2) is 0 Å². The van der Waals surface area contributed by atoms with Gasteiger partial charge in [0.2, 0.25) is 0 Å². The van der Waals surface area contributed by atoms with Crippen LogP contribution < -0.4 is 0 Å². The van der Waals surface area contributed by atoms with Crippen LogP contribution in [0, 0.1) is 6.92 Å². The summed E-state index contributed by atoms with van der Waals surface area (Å²) in [5, 5.41) is 0.690. The number of benzene rings is 1. The van der Waals surface area contributed by atoms with E-state index in [0.717, 1.165) is 14.9 Å². The molecule has 0 aliphatic rings. The summed E-state index contributed by atoms with van der Waals surface area (Å²) in [5.41, 5.74) is 1.09. The Morgan fingerprint density at radius 2 is 2.10 bits per heavy atom. The lowest BCUT2D eigenvalue weighted by molar-refractivity contribution is 1.30. The standard InChI is InChI=1S/C7H6BrClS/c1-4-2-5(8)3-6(9)7(4)10/h2-3,10H,1H3. The van der Waals surface area contributed by atoms with Crippen molar-refractivity contribution in [1.82, 2.24) is 0 Å². The molecule has 0 atom stereocenters. The molecule has 0 spiro atoms. The van der Waals surface area contributed by atoms with Crippen LogP contribution in [0.4, 0.5) is 0 Å². The van der Waals surface area contributed by atoms with E-state index in [-0.39, 0.29) is 0 Å². The molecule has 10 heavy (non-hydrogen) atoms. The highest BCUT2D eigenvalue weighted by atomic mass is 79.9. The third-order valence-electron chi connectivity index (χ3n) is 1.22. The van der Waals surface area contributed by atoms with Gasteiger partial charge >= 0.3 is 0 Å². The highest BCUT2D eigenvalue weighted by Gasteiger charge is 1.99. The predicted octanol–water partition coefficient (Wildman–Crippen LogP) is 3.70. The monoisotopic (exact) mass is 236 g/mol. The van der Waals surface area contributed by atoms with Gasteiger partial charge in [-0.15, -0.1) is 12.6 Å². The molecule has 0 heterocycles. The number of aryl methyl sites for hydroxylation is 1. The zero-order chi connectivity index (χ0) is 7.72. The van der Waals surface area contributed by atoms with Crippen molar-refractivity contribution in [3.63, 3.8) is 0 Å². The van der Waals surface area contributed by atoms with E-state index in [2.05, 4.69) is 28.6 Å². The van der Waals surface area contributed by atoms with Gasteiger partial charge in [-0.3, -0.25) is 0 Å². The Bertz CT molecular complexity index is 237. The van der Waals surface area contributed by atoms with Crippen molar-refractivity contribution < 1.29 is 0 Å². The highest BCUT2D eigenvalue weighted by molar-refractivity contribution is 9.10. The molecule has 54 valence electrons. The van der Waals surface area contributed by atoms with Crippen LogP contribution >= 0.6 is 40.2 Å². The van der Waals surface area contributed by atoms with Crippen molar-refractivity contribution in [2.75, 3.05) is 0 Å². The van der Waals surface area contributed by atoms with Crippen LogP contribution in [-0.4, -0.2) is 0 Å². The molecule has 0 fully saturated rings. The number of hydrogen-bond acceptors (Lipinski definition) is 1. The molecule has 0 radical (unpaired) electrons. The largest absolute Gasteiger partial charge is 0.142 e. The van der Waals surface area contributed by atoms with Crippen LogP contribution in [-0.2, 0) is 0 Å². The minimum atomic E-state index is 0.690. The lowest BCUT2D eigenvalue weighted by atomic mass is 10.2. The van der Waals surface area contributed by atoms with E-state index in [1.165, 1.54) is 0 Å². The summed E-state index contributed by atoms with van der Waals surface area (Å²) < 4.78 is 0.993. The maximum absolute atomic E-state index is 5.81. The average molecular weight is 238 g/mol. The van der Waals surface area contributed by atoms with Gasteiger partial charge in [-0.2, -0.15) is 0 Å². The molecule has 0 saturated heterocycles. The van der Waals surface area contributed by atoms with E-state index in [1.54, 1.807) is 0 Å². The van der Waals surface area contributed by atoms with E-state index in [4.69, 9.17) is 11.6 Å². The molecule has 0 amide bonds. The van der Waals surface area contributed by atoms with Crippen LogP contribution in [0.25, 0.3) is 0 Å². The Balaban J connectivity index is 3.31. The summed E-state index contributed by atoms with van der Waals surface area (Å²) in [7, 11) is 0. The van der Waals surface area contributed by atoms with Crippen LogP contribution in [0.2, 0.25) is 5.02 Å². The van der Waals surface area contributed by atoms with Crippen LogP contribution in [0.1, 0.15) is 5.56 Å². The Morgan fingerprint density at radius 3 is 2.60 bits per heavy atom. The Hall–Kier alpha value is 0.340. The number of rotatable bonds is 0. The van der Waals surface area contributed by atoms with E-state index in [1.807, 2.05) is 19.1 Å².